The number of rotatable bonds is 3. The Morgan fingerprint density at radius 2 is 2.12 bits per heavy atom. The highest BCUT2D eigenvalue weighted by atomic mass is 16.6. The number of hydrogen-bond acceptors (Lipinski definition) is 4. The van der Waals surface area contributed by atoms with Gasteiger partial charge in [0.05, 0.1) is 19.4 Å². The number of nitrogen functional groups attached to an aromatic ring is 1. The molecule has 1 saturated heterocycles. The molecule has 1 fully saturated rings. The second kappa shape index (κ2) is 4.10. The van der Waals surface area contributed by atoms with Gasteiger partial charge in [-0.1, -0.05) is 18.2 Å². The summed E-state index contributed by atoms with van der Waals surface area (Å²) in [5, 5.41) is 6.65. The van der Waals surface area contributed by atoms with Gasteiger partial charge in [-0.25, -0.2) is 0 Å². The van der Waals surface area contributed by atoms with Gasteiger partial charge in [0.15, 0.2) is 0 Å². The normalized spacial score (nSPS) is 15.5. The summed E-state index contributed by atoms with van der Waals surface area (Å²) in [5.74, 6) is 1.36. The molecule has 0 aliphatic carbocycles. The van der Waals surface area contributed by atoms with Crippen molar-refractivity contribution in [1.82, 2.24) is 10.2 Å². The molecule has 1 aromatic heterocycles. The van der Waals surface area contributed by atoms with Gasteiger partial charge in [-0.05, 0) is 6.07 Å². The summed E-state index contributed by atoms with van der Waals surface area (Å²) < 4.78 is 10.9. The number of para-hydroxylation sites is 1. The number of H-pyrrole nitrogens is 1. The molecule has 2 heterocycles. The van der Waals surface area contributed by atoms with Crippen molar-refractivity contribution in [2.75, 3.05) is 18.9 Å². The van der Waals surface area contributed by atoms with E-state index >= 15 is 0 Å². The molecule has 0 saturated carbocycles. The monoisotopic (exact) mass is 231 g/mol. The van der Waals surface area contributed by atoms with E-state index in [0.29, 0.717) is 19.0 Å². The number of aromatic nitrogens is 2. The van der Waals surface area contributed by atoms with Crippen LogP contribution in [0.1, 0.15) is 0 Å². The Bertz CT molecular complexity index is 520. The molecule has 0 radical (unpaired) electrons. The SMILES string of the molecule is Nc1[nH]ncc1-c1ccccc1OC1COC1. The van der Waals surface area contributed by atoms with Crippen LogP contribution in [0.3, 0.4) is 0 Å². The zero-order valence-corrected chi connectivity index (χ0v) is 9.22. The molecule has 1 aliphatic heterocycles. The van der Waals surface area contributed by atoms with E-state index in [-0.39, 0.29) is 6.10 Å². The van der Waals surface area contributed by atoms with Crippen molar-refractivity contribution in [2.24, 2.45) is 0 Å². The number of benzene rings is 1. The predicted molar refractivity (Wildman–Crippen MR) is 63.7 cm³/mol. The number of anilines is 1. The van der Waals surface area contributed by atoms with E-state index < -0.39 is 0 Å². The molecule has 0 bridgehead atoms. The van der Waals surface area contributed by atoms with Gasteiger partial charge >= 0.3 is 0 Å². The van der Waals surface area contributed by atoms with Gasteiger partial charge in [0, 0.05) is 11.1 Å². The first-order valence-corrected chi connectivity index (χ1v) is 5.47. The van der Waals surface area contributed by atoms with Crippen molar-refractivity contribution in [3.8, 4) is 16.9 Å². The summed E-state index contributed by atoms with van der Waals surface area (Å²) in [6.07, 6.45) is 1.85. The third kappa shape index (κ3) is 1.85. The molecule has 1 aromatic carbocycles. The van der Waals surface area contributed by atoms with E-state index in [0.717, 1.165) is 16.9 Å². The van der Waals surface area contributed by atoms with Crippen LogP contribution in [-0.2, 0) is 4.74 Å². The lowest BCUT2D eigenvalue weighted by Crippen LogP contribution is -2.38. The van der Waals surface area contributed by atoms with E-state index in [4.69, 9.17) is 15.2 Å². The minimum absolute atomic E-state index is 0.143. The van der Waals surface area contributed by atoms with Crippen LogP contribution < -0.4 is 10.5 Å². The zero-order valence-electron chi connectivity index (χ0n) is 9.22. The predicted octanol–water partition coefficient (Wildman–Crippen LogP) is 1.44. The largest absolute Gasteiger partial charge is 0.485 e. The maximum Gasteiger partial charge on any atom is 0.145 e. The van der Waals surface area contributed by atoms with Gasteiger partial charge in [-0.2, -0.15) is 5.10 Å². The molecule has 0 unspecified atom stereocenters. The topological polar surface area (TPSA) is 73.2 Å². The second-order valence-corrected chi connectivity index (χ2v) is 3.97. The number of nitrogens with one attached hydrogen (secondary N) is 1. The molecule has 3 rings (SSSR count). The van der Waals surface area contributed by atoms with Crippen LogP contribution in [0.2, 0.25) is 0 Å². The third-order valence-corrected chi connectivity index (χ3v) is 2.75. The average molecular weight is 231 g/mol. The zero-order chi connectivity index (χ0) is 11.7. The molecular formula is C12H13N3O2. The van der Waals surface area contributed by atoms with Crippen molar-refractivity contribution in [3.05, 3.63) is 30.5 Å². The third-order valence-electron chi connectivity index (χ3n) is 2.75. The van der Waals surface area contributed by atoms with Crippen LogP contribution >= 0.6 is 0 Å². The Balaban J connectivity index is 1.95. The molecule has 2 aromatic rings. The molecule has 5 nitrogen and oxygen atoms in total. The van der Waals surface area contributed by atoms with Crippen LogP contribution in [0.25, 0.3) is 11.1 Å². The summed E-state index contributed by atoms with van der Waals surface area (Å²) in [6, 6.07) is 7.79. The fraction of sp³-hybridized carbons (Fsp3) is 0.250. The van der Waals surface area contributed by atoms with Gasteiger partial charge in [-0.3, -0.25) is 5.10 Å². The molecule has 88 valence electrons. The lowest BCUT2D eigenvalue weighted by molar-refractivity contribution is -0.0794. The molecule has 0 spiro atoms. The first-order chi connectivity index (χ1) is 8.34. The lowest BCUT2D eigenvalue weighted by atomic mass is 10.1. The van der Waals surface area contributed by atoms with Crippen molar-refractivity contribution in [1.29, 1.82) is 0 Å². The van der Waals surface area contributed by atoms with Crippen LogP contribution in [0.15, 0.2) is 30.5 Å². The first kappa shape index (κ1) is 10.2. The smallest absolute Gasteiger partial charge is 0.145 e. The first-order valence-electron chi connectivity index (χ1n) is 5.47. The van der Waals surface area contributed by atoms with Crippen molar-refractivity contribution < 1.29 is 9.47 Å². The second-order valence-electron chi connectivity index (χ2n) is 3.97. The highest BCUT2D eigenvalue weighted by Crippen LogP contribution is 2.33. The lowest BCUT2D eigenvalue weighted by Gasteiger charge is -2.27. The van der Waals surface area contributed by atoms with Crippen LogP contribution in [0, 0.1) is 0 Å². The Kier molecular flexibility index (Phi) is 2.45. The van der Waals surface area contributed by atoms with Crippen LogP contribution in [-0.4, -0.2) is 29.5 Å². The molecule has 17 heavy (non-hydrogen) atoms. The molecule has 0 atom stereocenters. The van der Waals surface area contributed by atoms with Crippen molar-refractivity contribution >= 4 is 5.82 Å². The Morgan fingerprint density at radius 3 is 2.76 bits per heavy atom. The highest BCUT2D eigenvalue weighted by Gasteiger charge is 2.22. The van der Waals surface area contributed by atoms with Crippen LogP contribution in [0.5, 0.6) is 5.75 Å². The number of nitrogens with zero attached hydrogens (tertiary/aromatic N) is 1. The Hall–Kier alpha value is -2.01. The van der Waals surface area contributed by atoms with E-state index in [1.165, 1.54) is 0 Å². The maximum absolute atomic E-state index is 5.84. The van der Waals surface area contributed by atoms with E-state index in [9.17, 15) is 0 Å². The molecule has 5 heteroatoms. The van der Waals surface area contributed by atoms with Crippen LogP contribution in [0.4, 0.5) is 5.82 Å². The Labute approximate surface area is 98.5 Å². The maximum atomic E-state index is 5.84. The summed E-state index contributed by atoms with van der Waals surface area (Å²) in [7, 11) is 0. The molecule has 0 amide bonds. The number of aromatic amines is 1. The summed E-state index contributed by atoms with van der Waals surface area (Å²) in [4.78, 5) is 0. The summed E-state index contributed by atoms with van der Waals surface area (Å²) in [5.41, 5.74) is 7.63. The Morgan fingerprint density at radius 1 is 1.29 bits per heavy atom. The molecule has 3 N–H and O–H groups in total. The minimum Gasteiger partial charge on any atom is -0.485 e. The average Bonchev–Trinajstić information content (AvgIpc) is 2.70. The summed E-state index contributed by atoms with van der Waals surface area (Å²) >= 11 is 0. The molecular weight excluding hydrogens is 218 g/mol. The van der Waals surface area contributed by atoms with Gasteiger partial charge in [-0.15, -0.1) is 0 Å². The molecule has 1 aliphatic rings. The van der Waals surface area contributed by atoms with E-state index in [2.05, 4.69) is 10.2 Å². The van der Waals surface area contributed by atoms with Gasteiger partial charge in [0.2, 0.25) is 0 Å². The van der Waals surface area contributed by atoms with E-state index in [1.807, 2.05) is 24.3 Å². The highest BCUT2D eigenvalue weighted by molar-refractivity contribution is 5.77. The van der Waals surface area contributed by atoms with Crippen molar-refractivity contribution in [2.45, 2.75) is 6.10 Å². The van der Waals surface area contributed by atoms with Crippen molar-refractivity contribution in [3.63, 3.8) is 0 Å². The number of nitrogens with two attached hydrogens (primary N) is 1. The summed E-state index contributed by atoms with van der Waals surface area (Å²) in [6.45, 7) is 1.30. The number of ether oxygens (including phenoxy) is 2. The van der Waals surface area contributed by atoms with Gasteiger partial charge in [0.1, 0.15) is 17.7 Å². The van der Waals surface area contributed by atoms with Gasteiger partial charge < -0.3 is 15.2 Å². The number of hydrogen-bond donors (Lipinski definition) is 2. The minimum atomic E-state index is 0.143. The fourth-order valence-corrected chi connectivity index (χ4v) is 1.76. The quantitative estimate of drug-likeness (QED) is 0.838. The standard InChI is InChI=1S/C12H13N3O2/c13-12-10(5-14-15-12)9-3-1-2-4-11(9)17-8-6-16-7-8/h1-5,8H,6-7H2,(H3,13,14,15). The van der Waals surface area contributed by atoms with Gasteiger partial charge in [0.25, 0.3) is 0 Å². The fourth-order valence-electron chi connectivity index (χ4n) is 1.76. The van der Waals surface area contributed by atoms with E-state index in [1.54, 1.807) is 6.20 Å².